The van der Waals surface area contributed by atoms with Crippen LogP contribution in [0.4, 0.5) is 0 Å². The average molecular weight is 308 g/mol. The monoisotopic (exact) mass is 308 g/mol. The van der Waals surface area contributed by atoms with E-state index in [-0.39, 0.29) is 106 Å². The Morgan fingerprint density at radius 1 is 1.00 bits per heavy atom. The van der Waals surface area contributed by atoms with Crippen molar-refractivity contribution in [3.63, 3.8) is 0 Å². The normalized spacial score (nSPS) is 11.5. The maximum absolute atomic E-state index is 9.34. The molecule has 0 heterocycles. The van der Waals surface area contributed by atoms with Crippen LogP contribution in [0.5, 0.6) is 0 Å². The van der Waals surface area contributed by atoms with Crippen LogP contribution in [-0.2, 0) is 30.6 Å². The van der Waals surface area contributed by atoms with Crippen molar-refractivity contribution in [1.29, 1.82) is 0 Å². The van der Waals surface area contributed by atoms with Crippen molar-refractivity contribution in [1.82, 2.24) is 0 Å². The summed E-state index contributed by atoms with van der Waals surface area (Å²) < 4.78 is 65.8. The van der Waals surface area contributed by atoms with E-state index in [1.807, 2.05) is 0 Å². The Balaban J connectivity index is -0.0000000230. The van der Waals surface area contributed by atoms with Crippen LogP contribution in [0.2, 0.25) is 0 Å². The molecule has 0 saturated carbocycles. The molecule has 13 heavy (non-hydrogen) atoms. The van der Waals surface area contributed by atoms with Crippen molar-refractivity contribution in [2.45, 2.75) is 0 Å². The Morgan fingerprint density at radius 2 is 1.08 bits per heavy atom. The Labute approximate surface area is 167 Å². The topological polar surface area (TPSA) is 149 Å². The third-order valence-electron chi connectivity index (χ3n) is 0.180. The first-order valence-electron chi connectivity index (χ1n) is 1.56. The maximum Gasteiger partial charge on any atom is 1.00 e. The van der Waals surface area contributed by atoms with Gasteiger partial charge in [0.05, 0.1) is 0 Å². The Kier molecular flexibility index (Phi) is 26.1. The molecule has 0 amide bonds. The van der Waals surface area contributed by atoms with Gasteiger partial charge in [-0.2, -0.15) is 12.6 Å². The minimum atomic E-state index is -4.71. The van der Waals surface area contributed by atoms with Crippen molar-refractivity contribution < 1.29 is 141 Å². The summed E-state index contributed by atoms with van der Waals surface area (Å²) in [7, 11) is -7.87. The van der Waals surface area contributed by atoms with Crippen molar-refractivity contribution in [3.05, 3.63) is 0 Å². The van der Waals surface area contributed by atoms with Crippen LogP contribution in [0.15, 0.2) is 0 Å². The second-order valence-corrected chi connectivity index (χ2v) is 4.75. The zero-order valence-electron chi connectivity index (χ0n) is 8.65. The Bertz CT molecular complexity index is 245. The molecule has 4 N–H and O–H groups in total. The first-order chi connectivity index (χ1) is 4.68. The largest absolute Gasteiger partial charge is 1.00 e. The number of hydrogen-bond donors (Lipinski definition) is 4. The summed E-state index contributed by atoms with van der Waals surface area (Å²) >= 11 is -2.61. The minimum absolute atomic E-state index is 0. The van der Waals surface area contributed by atoms with Crippen molar-refractivity contribution >= 4 is 30.6 Å². The molecule has 0 aliphatic heterocycles. The van der Waals surface area contributed by atoms with Crippen LogP contribution in [0.3, 0.4) is 0 Å². The molecule has 8 nitrogen and oxygen atoms in total. The average Bonchev–Trinajstić information content (AvgIpc) is 1.59. The van der Waals surface area contributed by atoms with Gasteiger partial charge < -0.3 is 2.85 Å². The minimum Gasteiger partial charge on any atom is -1.00 e. The predicted octanol–water partition coefficient (Wildman–Crippen LogP) is -7.07. The summed E-state index contributed by atoms with van der Waals surface area (Å²) in [5, 5.41) is 0. The van der Waals surface area contributed by atoms with Crippen LogP contribution in [0.25, 0.3) is 0 Å². The maximum atomic E-state index is 9.34. The SMILES string of the molecule is O=S(O)O.O=S(O)S(=O)(=O)O.[H-].[H-].[K+].[K+]. The number of hydrogen-bond acceptors (Lipinski definition) is 4. The van der Waals surface area contributed by atoms with E-state index in [9.17, 15) is 12.6 Å². The van der Waals surface area contributed by atoms with Crippen LogP contribution >= 0.6 is 0 Å². The van der Waals surface area contributed by atoms with Gasteiger partial charge in [0.25, 0.3) is 11.4 Å². The molecule has 0 spiro atoms. The first-order valence-corrected chi connectivity index (χ1v) is 5.69. The van der Waals surface area contributed by atoms with E-state index >= 15 is 0 Å². The van der Waals surface area contributed by atoms with Crippen molar-refractivity contribution in [2.75, 3.05) is 0 Å². The van der Waals surface area contributed by atoms with Crippen LogP contribution < -0.4 is 103 Å². The molecule has 0 fully saturated rings. The van der Waals surface area contributed by atoms with E-state index in [1.165, 1.54) is 0 Å². The van der Waals surface area contributed by atoms with Gasteiger partial charge in [0.1, 0.15) is 0 Å². The van der Waals surface area contributed by atoms with Gasteiger partial charge in [0, 0.05) is 0 Å². The van der Waals surface area contributed by atoms with E-state index in [4.69, 9.17) is 22.4 Å². The summed E-state index contributed by atoms with van der Waals surface area (Å²) in [6.45, 7) is 0. The van der Waals surface area contributed by atoms with E-state index in [0.29, 0.717) is 0 Å². The fourth-order valence-corrected chi connectivity index (χ4v) is 0. The third kappa shape index (κ3) is 31.3. The molecule has 0 rings (SSSR count). The van der Waals surface area contributed by atoms with Crippen LogP contribution in [-0.4, -0.2) is 35.0 Å². The molecule has 13 heteroatoms. The summed E-state index contributed by atoms with van der Waals surface area (Å²) in [6.07, 6.45) is 0. The third-order valence-corrected chi connectivity index (χ3v) is 1.62. The molecule has 0 saturated heterocycles. The van der Waals surface area contributed by atoms with Gasteiger partial charge in [-0.15, -0.1) is 0 Å². The number of rotatable bonds is 1. The smallest absolute Gasteiger partial charge is 1.00 e. The standard InChI is InChI=1S/2K.H2O5S2.H2O3S.2H/c;;1-6(2)7(3,4)5;1-4(2)3;;/h;;(H,1,2)(H,3,4,5);(H2,1,2,3);;/q2*+1;;;2*-1. The molecule has 1 unspecified atom stereocenters. The molecule has 0 bridgehead atoms. The molecule has 74 valence electrons. The van der Waals surface area contributed by atoms with Crippen molar-refractivity contribution in [2.24, 2.45) is 0 Å². The van der Waals surface area contributed by atoms with E-state index in [0.717, 1.165) is 0 Å². The molecule has 0 aromatic carbocycles. The van der Waals surface area contributed by atoms with Gasteiger partial charge >= 0.3 is 122 Å². The second kappa shape index (κ2) is 13.4. The second-order valence-electron chi connectivity index (χ2n) is 0.876. The molecule has 1 atom stereocenters. The van der Waals surface area contributed by atoms with Gasteiger partial charge in [-0.3, -0.25) is 18.2 Å². The van der Waals surface area contributed by atoms with Gasteiger partial charge in [-0.1, -0.05) is 0 Å². The molecule has 0 radical (unpaired) electrons. The zero-order valence-corrected chi connectivity index (χ0v) is 15.3. The Hall–Kier alpha value is 3.36. The van der Waals surface area contributed by atoms with Crippen LogP contribution in [0, 0.1) is 0 Å². The first kappa shape index (κ1) is 25.3. The molecule has 0 aliphatic rings. The fourth-order valence-electron chi connectivity index (χ4n) is 0. The fraction of sp³-hybridized carbons (Fsp3) is 0. The summed E-state index contributed by atoms with van der Waals surface area (Å²) in [4.78, 5) is 0. The molecule has 0 aromatic heterocycles. The predicted molar refractivity (Wildman–Crippen MR) is 37.9 cm³/mol. The molecule has 0 aliphatic carbocycles. The molecular weight excluding hydrogens is 302 g/mol. The van der Waals surface area contributed by atoms with Gasteiger partial charge in [-0.05, 0) is 0 Å². The van der Waals surface area contributed by atoms with Gasteiger partial charge in [-0.25, -0.2) is 4.21 Å². The summed E-state index contributed by atoms with van der Waals surface area (Å²) in [5.41, 5.74) is 0. The molecular formula is H6K2O8S3. The van der Waals surface area contributed by atoms with Gasteiger partial charge in [0.15, 0.2) is 0 Å². The van der Waals surface area contributed by atoms with E-state index in [1.54, 1.807) is 0 Å². The summed E-state index contributed by atoms with van der Waals surface area (Å²) in [5.74, 6) is 0. The van der Waals surface area contributed by atoms with E-state index in [2.05, 4.69) is 0 Å². The summed E-state index contributed by atoms with van der Waals surface area (Å²) in [6, 6.07) is 0. The quantitative estimate of drug-likeness (QED) is 0.161. The molecule has 0 aromatic rings. The van der Waals surface area contributed by atoms with Crippen molar-refractivity contribution in [3.8, 4) is 0 Å². The van der Waals surface area contributed by atoms with Gasteiger partial charge in [0.2, 0.25) is 0 Å². The zero-order chi connectivity index (χ0) is 9.65. The Morgan fingerprint density at radius 3 is 1.08 bits per heavy atom. The van der Waals surface area contributed by atoms with E-state index < -0.39 is 30.6 Å². The van der Waals surface area contributed by atoms with Crippen LogP contribution in [0.1, 0.15) is 2.85 Å².